The Kier molecular flexibility index (Phi) is 5.50. The average molecular weight is 228 g/mol. The van der Waals surface area contributed by atoms with Crippen LogP contribution in [0, 0.1) is 0 Å². The molecule has 0 rings (SSSR count). The van der Waals surface area contributed by atoms with Crippen molar-refractivity contribution in [3.63, 3.8) is 0 Å². The maximum atomic E-state index is 11.6. The molecule has 0 heterocycles. The van der Waals surface area contributed by atoms with Crippen molar-refractivity contribution in [3.05, 3.63) is 0 Å². The number of carboxylic acids is 1. The molecule has 0 radical (unpaired) electrons. The number of hydrogen-bond acceptors (Lipinski definition) is 2. The third kappa shape index (κ3) is 10.5. The molecule has 5 nitrogen and oxygen atoms in total. The van der Waals surface area contributed by atoms with Gasteiger partial charge in [0.25, 0.3) is 0 Å². The summed E-state index contributed by atoms with van der Waals surface area (Å²) in [6.07, 6.45) is -4.41. The number of rotatable bonds is 5. The number of carbonyl (C=O) groups is 2. The zero-order chi connectivity index (χ0) is 11.9. The van der Waals surface area contributed by atoms with Crippen molar-refractivity contribution < 1.29 is 27.9 Å². The van der Waals surface area contributed by atoms with Crippen LogP contribution in [0.25, 0.3) is 0 Å². The summed E-state index contributed by atoms with van der Waals surface area (Å²) in [6, 6.07) is -0.960. The van der Waals surface area contributed by atoms with Gasteiger partial charge in [0.1, 0.15) is 6.54 Å². The molecule has 0 aromatic carbocycles. The van der Waals surface area contributed by atoms with Crippen LogP contribution in [0.3, 0.4) is 0 Å². The van der Waals surface area contributed by atoms with Crippen LogP contribution in [0.15, 0.2) is 0 Å². The monoisotopic (exact) mass is 228 g/mol. The minimum atomic E-state index is -4.45. The molecule has 15 heavy (non-hydrogen) atoms. The van der Waals surface area contributed by atoms with Gasteiger partial charge in [0.15, 0.2) is 0 Å². The van der Waals surface area contributed by atoms with Crippen LogP contribution in [0.2, 0.25) is 0 Å². The molecule has 0 aromatic rings. The van der Waals surface area contributed by atoms with E-state index < -0.39 is 24.7 Å². The molecule has 0 saturated carbocycles. The summed E-state index contributed by atoms with van der Waals surface area (Å²) >= 11 is 0. The Morgan fingerprint density at radius 1 is 1.20 bits per heavy atom. The van der Waals surface area contributed by atoms with E-state index in [0.29, 0.717) is 0 Å². The number of carboxylic acid groups (broad SMARTS) is 1. The fourth-order valence-electron chi connectivity index (χ4n) is 0.685. The molecule has 0 atom stereocenters. The van der Waals surface area contributed by atoms with Gasteiger partial charge in [0.05, 0.1) is 0 Å². The topological polar surface area (TPSA) is 78.4 Å². The highest BCUT2D eigenvalue weighted by Gasteiger charge is 2.27. The van der Waals surface area contributed by atoms with Crippen molar-refractivity contribution in [1.29, 1.82) is 0 Å². The second kappa shape index (κ2) is 6.10. The lowest BCUT2D eigenvalue weighted by Gasteiger charge is -2.09. The van der Waals surface area contributed by atoms with Gasteiger partial charge >= 0.3 is 18.2 Å². The van der Waals surface area contributed by atoms with Gasteiger partial charge in [-0.3, -0.25) is 4.79 Å². The van der Waals surface area contributed by atoms with Crippen molar-refractivity contribution in [2.75, 3.05) is 13.1 Å². The fraction of sp³-hybridized carbons (Fsp3) is 0.714. The van der Waals surface area contributed by atoms with E-state index in [-0.39, 0.29) is 19.4 Å². The molecule has 3 N–H and O–H groups in total. The van der Waals surface area contributed by atoms with E-state index in [4.69, 9.17) is 5.11 Å². The molecule has 8 heteroatoms. The Bertz CT molecular complexity index is 230. The summed E-state index contributed by atoms with van der Waals surface area (Å²) in [7, 11) is 0. The molecule has 0 aliphatic carbocycles. The van der Waals surface area contributed by atoms with Crippen LogP contribution >= 0.6 is 0 Å². The minimum Gasteiger partial charge on any atom is -0.481 e. The number of aliphatic carboxylic acids is 1. The number of hydrogen-bond donors (Lipinski definition) is 3. The first-order valence-electron chi connectivity index (χ1n) is 4.11. The summed E-state index contributed by atoms with van der Waals surface area (Å²) in [5.74, 6) is -1.02. The van der Waals surface area contributed by atoms with Crippen molar-refractivity contribution in [2.45, 2.75) is 19.0 Å². The molecule has 0 aliphatic rings. The molecule has 2 amide bonds. The fourth-order valence-corrected chi connectivity index (χ4v) is 0.685. The lowest BCUT2D eigenvalue weighted by molar-refractivity contribution is -0.137. The second-order valence-electron chi connectivity index (χ2n) is 2.72. The van der Waals surface area contributed by atoms with E-state index in [1.54, 1.807) is 5.32 Å². The van der Waals surface area contributed by atoms with E-state index in [0.717, 1.165) is 0 Å². The predicted molar refractivity (Wildman–Crippen MR) is 44.3 cm³/mol. The molecular formula is C7H11F3N2O3. The van der Waals surface area contributed by atoms with Crippen LogP contribution in [0.4, 0.5) is 18.0 Å². The van der Waals surface area contributed by atoms with E-state index >= 15 is 0 Å². The largest absolute Gasteiger partial charge is 0.481 e. The van der Waals surface area contributed by atoms with Crippen LogP contribution in [0.5, 0.6) is 0 Å². The van der Waals surface area contributed by atoms with Gasteiger partial charge in [-0.05, 0) is 6.42 Å². The first-order valence-corrected chi connectivity index (χ1v) is 4.11. The maximum absolute atomic E-state index is 11.6. The van der Waals surface area contributed by atoms with Crippen LogP contribution < -0.4 is 10.6 Å². The van der Waals surface area contributed by atoms with E-state index in [1.807, 2.05) is 0 Å². The Morgan fingerprint density at radius 3 is 2.27 bits per heavy atom. The first-order chi connectivity index (χ1) is 6.81. The zero-order valence-electron chi connectivity index (χ0n) is 7.73. The van der Waals surface area contributed by atoms with Crippen molar-refractivity contribution >= 4 is 12.0 Å². The first kappa shape index (κ1) is 13.5. The molecule has 88 valence electrons. The maximum Gasteiger partial charge on any atom is 0.405 e. The minimum absolute atomic E-state index is 0.0238. The SMILES string of the molecule is O=C(O)CCCNC(=O)NCC(F)(F)F. The molecule has 0 saturated heterocycles. The number of carbonyl (C=O) groups excluding carboxylic acids is 1. The highest BCUT2D eigenvalue weighted by molar-refractivity contribution is 5.73. The van der Waals surface area contributed by atoms with Gasteiger partial charge in [-0.25, -0.2) is 4.79 Å². The predicted octanol–water partition coefficient (Wildman–Crippen LogP) is 0.713. The van der Waals surface area contributed by atoms with Crippen LogP contribution in [-0.2, 0) is 4.79 Å². The number of nitrogens with one attached hydrogen (secondary N) is 2. The van der Waals surface area contributed by atoms with E-state index in [2.05, 4.69) is 5.32 Å². The molecule has 0 aliphatic heterocycles. The van der Waals surface area contributed by atoms with Gasteiger partial charge in [0.2, 0.25) is 0 Å². The lowest BCUT2D eigenvalue weighted by Crippen LogP contribution is -2.41. The number of halogens is 3. The lowest BCUT2D eigenvalue weighted by atomic mass is 10.3. The van der Waals surface area contributed by atoms with Crippen LogP contribution in [0.1, 0.15) is 12.8 Å². The quantitative estimate of drug-likeness (QED) is 0.606. The number of alkyl halides is 3. The van der Waals surface area contributed by atoms with Crippen molar-refractivity contribution in [3.8, 4) is 0 Å². The van der Waals surface area contributed by atoms with Gasteiger partial charge in [-0.15, -0.1) is 0 Å². The normalized spacial score (nSPS) is 10.9. The van der Waals surface area contributed by atoms with Gasteiger partial charge in [-0.2, -0.15) is 13.2 Å². The molecule has 0 unspecified atom stereocenters. The highest BCUT2D eigenvalue weighted by Crippen LogP contribution is 2.11. The average Bonchev–Trinajstić information content (AvgIpc) is 2.07. The third-order valence-electron chi connectivity index (χ3n) is 1.30. The summed E-state index contributed by atoms with van der Waals surface area (Å²) < 4.78 is 34.8. The summed E-state index contributed by atoms with van der Waals surface area (Å²) in [4.78, 5) is 20.7. The highest BCUT2D eigenvalue weighted by atomic mass is 19.4. The Morgan fingerprint density at radius 2 is 1.80 bits per heavy atom. The standard InChI is InChI=1S/C7H11F3N2O3/c8-7(9,10)4-12-6(15)11-3-1-2-5(13)14/h1-4H2,(H,13,14)(H2,11,12,15). The van der Waals surface area contributed by atoms with E-state index in [1.165, 1.54) is 0 Å². The molecule has 0 spiro atoms. The second-order valence-corrected chi connectivity index (χ2v) is 2.72. The molecule has 0 aromatic heterocycles. The van der Waals surface area contributed by atoms with Gasteiger partial charge in [-0.1, -0.05) is 0 Å². The van der Waals surface area contributed by atoms with Crippen molar-refractivity contribution in [1.82, 2.24) is 10.6 Å². The summed E-state index contributed by atoms with van der Waals surface area (Å²) in [5, 5.41) is 11.9. The zero-order valence-corrected chi connectivity index (χ0v) is 7.73. The summed E-state index contributed by atoms with van der Waals surface area (Å²) in [6.45, 7) is -1.38. The molecule has 0 fully saturated rings. The number of amides is 2. The van der Waals surface area contributed by atoms with E-state index in [9.17, 15) is 22.8 Å². The number of urea groups is 1. The van der Waals surface area contributed by atoms with Crippen LogP contribution in [-0.4, -0.2) is 36.4 Å². The van der Waals surface area contributed by atoms with Gasteiger partial charge in [0, 0.05) is 13.0 Å². The summed E-state index contributed by atoms with van der Waals surface area (Å²) in [5.41, 5.74) is 0. The van der Waals surface area contributed by atoms with Crippen molar-refractivity contribution in [2.24, 2.45) is 0 Å². The Balaban J connectivity index is 3.46. The molecular weight excluding hydrogens is 217 g/mol. The smallest absolute Gasteiger partial charge is 0.405 e. The molecule has 0 bridgehead atoms. The Labute approximate surface area is 83.6 Å². The van der Waals surface area contributed by atoms with Gasteiger partial charge < -0.3 is 15.7 Å². The third-order valence-corrected chi connectivity index (χ3v) is 1.30. The Hall–Kier alpha value is -1.47.